The first-order chi connectivity index (χ1) is 7.63. The number of nitrogens with one attached hydrogen (secondary N) is 1. The van der Waals surface area contributed by atoms with Crippen LogP contribution < -0.4 is 5.32 Å². The van der Waals surface area contributed by atoms with Crippen LogP contribution in [0.1, 0.15) is 18.2 Å². The zero-order chi connectivity index (χ0) is 11.7. The molecule has 0 aliphatic rings. The predicted molar refractivity (Wildman–Crippen MR) is 73.1 cm³/mol. The molecule has 0 bridgehead atoms. The maximum Gasteiger partial charge on any atom is 0.0726 e. The Bertz CT molecular complexity index is 535. The second kappa shape index (κ2) is 4.42. The highest BCUT2D eigenvalue weighted by molar-refractivity contribution is 9.10. The molecule has 0 radical (unpaired) electrons. The van der Waals surface area contributed by atoms with Gasteiger partial charge in [-0.15, -0.1) is 0 Å². The summed E-state index contributed by atoms with van der Waals surface area (Å²) in [6, 6.07) is 6.19. The zero-order valence-corrected chi connectivity index (χ0v) is 11.4. The van der Waals surface area contributed by atoms with Gasteiger partial charge in [-0.25, -0.2) is 0 Å². The number of benzene rings is 1. The molecule has 0 spiro atoms. The van der Waals surface area contributed by atoms with Crippen molar-refractivity contribution in [1.29, 1.82) is 0 Å². The lowest BCUT2D eigenvalue weighted by Gasteiger charge is -2.13. The minimum Gasteiger partial charge on any atom is -0.385 e. The molecule has 0 atom stereocenters. The maximum absolute atomic E-state index is 4.60. The number of rotatable bonds is 2. The van der Waals surface area contributed by atoms with Crippen LogP contribution in [-0.4, -0.2) is 11.5 Å². The summed E-state index contributed by atoms with van der Waals surface area (Å²) in [6.07, 6.45) is 0. The molecule has 3 heteroatoms. The van der Waals surface area contributed by atoms with Gasteiger partial charge in [-0.05, 0) is 44.5 Å². The van der Waals surface area contributed by atoms with Crippen LogP contribution in [-0.2, 0) is 0 Å². The third kappa shape index (κ3) is 1.92. The molecule has 84 valence electrons. The standard InChI is InChI=1S/C13H15BrN2/c1-4-15-13-8(2)9(3)16-12-6-5-10(14)7-11(12)13/h5-7H,4H2,1-3H3,(H,15,16). The number of nitrogens with zero attached hydrogens (tertiary/aromatic N) is 1. The van der Waals surface area contributed by atoms with E-state index in [1.165, 1.54) is 16.6 Å². The molecule has 0 fully saturated rings. The number of aryl methyl sites for hydroxylation is 1. The second-order valence-electron chi connectivity index (χ2n) is 3.89. The first-order valence-electron chi connectivity index (χ1n) is 5.43. The van der Waals surface area contributed by atoms with Crippen LogP contribution in [0.25, 0.3) is 10.9 Å². The van der Waals surface area contributed by atoms with Crippen molar-refractivity contribution in [3.63, 3.8) is 0 Å². The molecule has 1 aromatic heterocycles. The van der Waals surface area contributed by atoms with Gasteiger partial charge in [0.25, 0.3) is 0 Å². The maximum atomic E-state index is 4.60. The van der Waals surface area contributed by atoms with Crippen molar-refractivity contribution in [3.8, 4) is 0 Å². The number of fused-ring (bicyclic) bond motifs is 1. The molecular formula is C13H15BrN2. The van der Waals surface area contributed by atoms with Gasteiger partial charge < -0.3 is 5.32 Å². The lowest BCUT2D eigenvalue weighted by Crippen LogP contribution is -2.02. The van der Waals surface area contributed by atoms with Gasteiger partial charge in [-0.2, -0.15) is 0 Å². The summed E-state index contributed by atoms with van der Waals surface area (Å²) < 4.78 is 1.09. The lowest BCUT2D eigenvalue weighted by atomic mass is 10.1. The quantitative estimate of drug-likeness (QED) is 0.897. The molecule has 16 heavy (non-hydrogen) atoms. The monoisotopic (exact) mass is 278 g/mol. The Hall–Kier alpha value is -1.09. The van der Waals surface area contributed by atoms with Crippen molar-refractivity contribution in [1.82, 2.24) is 4.98 Å². The van der Waals surface area contributed by atoms with E-state index in [0.29, 0.717) is 0 Å². The molecule has 0 saturated heterocycles. The Morgan fingerprint density at radius 3 is 2.75 bits per heavy atom. The Morgan fingerprint density at radius 2 is 2.06 bits per heavy atom. The van der Waals surface area contributed by atoms with E-state index in [0.717, 1.165) is 22.2 Å². The summed E-state index contributed by atoms with van der Waals surface area (Å²) in [5.41, 5.74) is 4.56. The van der Waals surface area contributed by atoms with Crippen LogP contribution in [0.2, 0.25) is 0 Å². The molecule has 0 aliphatic heterocycles. The van der Waals surface area contributed by atoms with Crippen LogP contribution in [0.5, 0.6) is 0 Å². The number of aromatic nitrogens is 1. The van der Waals surface area contributed by atoms with Gasteiger partial charge in [0.05, 0.1) is 5.52 Å². The Balaban J connectivity index is 2.79. The van der Waals surface area contributed by atoms with E-state index in [9.17, 15) is 0 Å². The third-order valence-electron chi connectivity index (χ3n) is 2.79. The van der Waals surface area contributed by atoms with E-state index >= 15 is 0 Å². The summed E-state index contributed by atoms with van der Waals surface area (Å²) >= 11 is 3.51. The molecule has 0 unspecified atom stereocenters. The fraction of sp³-hybridized carbons (Fsp3) is 0.308. The Morgan fingerprint density at radius 1 is 1.31 bits per heavy atom. The van der Waals surface area contributed by atoms with Gasteiger partial charge in [0.1, 0.15) is 0 Å². The second-order valence-corrected chi connectivity index (χ2v) is 4.80. The number of hydrogen-bond acceptors (Lipinski definition) is 2. The SMILES string of the molecule is CCNc1c(C)c(C)nc2ccc(Br)cc12. The minimum atomic E-state index is 0.923. The van der Waals surface area contributed by atoms with Gasteiger partial charge in [0.2, 0.25) is 0 Å². The molecule has 2 nitrogen and oxygen atoms in total. The Labute approximate surface area is 104 Å². The number of hydrogen-bond donors (Lipinski definition) is 1. The molecule has 1 aromatic carbocycles. The molecule has 2 aromatic rings. The summed E-state index contributed by atoms with van der Waals surface area (Å²) in [5.74, 6) is 0. The molecule has 2 rings (SSSR count). The van der Waals surface area contributed by atoms with Gasteiger partial charge in [0, 0.05) is 27.8 Å². The van der Waals surface area contributed by atoms with E-state index in [-0.39, 0.29) is 0 Å². The topological polar surface area (TPSA) is 24.9 Å². The average molecular weight is 279 g/mol. The summed E-state index contributed by atoms with van der Waals surface area (Å²) in [7, 11) is 0. The van der Waals surface area contributed by atoms with Crippen LogP contribution >= 0.6 is 15.9 Å². The normalized spacial score (nSPS) is 10.8. The lowest BCUT2D eigenvalue weighted by molar-refractivity contribution is 1.15. The van der Waals surface area contributed by atoms with Crippen LogP contribution in [0.3, 0.4) is 0 Å². The number of anilines is 1. The summed E-state index contributed by atoms with van der Waals surface area (Å²) in [6.45, 7) is 7.20. The van der Waals surface area contributed by atoms with Gasteiger partial charge in [-0.3, -0.25) is 4.98 Å². The van der Waals surface area contributed by atoms with Crippen molar-refractivity contribution in [2.24, 2.45) is 0 Å². The molecular weight excluding hydrogens is 264 g/mol. The van der Waals surface area contributed by atoms with Crippen LogP contribution in [0, 0.1) is 13.8 Å². The van der Waals surface area contributed by atoms with Gasteiger partial charge >= 0.3 is 0 Å². The smallest absolute Gasteiger partial charge is 0.0726 e. The van der Waals surface area contributed by atoms with E-state index in [4.69, 9.17) is 0 Å². The largest absolute Gasteiger partial charge is 0.385 e. The first-order valence-corrected chi connectivity index (χ1v) is 6.23. The summed E-state index contributed by atoms with van der Waals surface area (Å²) in [4.78, 5) is 4.60. The van der Waals surface area contributed by atoms with E-state index in [1.54, 1.807) is 0 Å². The van der Waals surface area contributed by atoms with Crippen molar-refractivity contribution < 1.29 is 0 Å². The third-order valence-corrected chi connectivity index (χ3v) is 3.28. The predicted octanol–water partition coefficient (Wildman–Crippen LogP) is 4.05. The fourth-order valence-corrected chi connectivity index (χ4v) is 2.22. The molecule has 1 N–H and O–H groups in total. The highest BCUT2D eigenvalue weighted by Gasteiger charge is 2.08. The van der Waals surface area contributed by atoms with Crippen molar-refractivity contribution in [2.75, 3.05) is 11.9 Å². The van der Waals surface area contributed by atoms with Crippen molar-refractivity contribution >= 4 is 32.5 Å². The summed E-state index contributed by atoms with van der Waals surface area (Å²) in [5, 5.41) is 4.61. The molecule has 0 amide bonds. The average Bonchev–Trinajstić information content (AvgIpc) is 2.26. The van der Waals surface area contributed by atoms with Crippen molar-refractivity contribution in [2.45, 2.75) is 20.8 Å². The number of halogens is 1. The molecule has 1 heterocycles. The van der Waals surface area contributed by atoms with E-state index in [2.05, 4.69) is 53.1 Å². The van der Waals surface area contributed by atoms with E-state index < -0.39 is 0 Å². The molecule has 0 saturated carbocycles. The highest BCUT2D eigenvalue weighted by Crippen LogP contribution is 2.29. The number of pyridine rings is 1. The minimum absolute atomic E-state index is 0.923. The van der Waals surface area contributed by atoms with Crippen LogP contribution in [0.15, 0.2) is 22.7 Å². The van der Waals surface area contributed by atoms with E-state index in [1.807, 2.05) is 12.1 Å². The Kier molecular flexibility index (Phi) is 3.15. The highest BCUT2D eigenvalue weighted by atomic mass is 79.9. The van der Waals surface area contributed by atoms with Gasteiger partial charge in [-0.1, -0.05) is 15.9 Å². The van der Waals surface area contributed by atoms with Crippen molar-refractivity contribution in [3.05, 3.63) is 33.9 Å². The first kappa shape index (κ1) is 11.4. The molecule has 0 aliphatic carbocycles. The fourth-order valence-electron chi connectivity index (χ4n) is 1.86. The van der Waals surface area contributed by atoms with Crippen LogP contribution in [0.4, 0.5) is 5.69 Å². The van der Waals surface area contributed by atoms with Gasteiger partial charge in [0.15, 0.2) is 0 Å². The zero-order valence-electron chi connectivity index (χ0n) is 9.76.